The Balaban J connectivity index is 1.66. The number of hydrogen-bond acceptors (Lipinski definition) is 5. The second-order valence-electron chi connectivity index (χ2n) is 5.94. The molecule has 27 heavy (non-hydrogen) atoms. The summed E-state index contributed by atoms with van der Waals surface area (Å²) in [5.74, 6) is 1.16. The third-order valence-corrected chi connectivity index (χ3v) is 3.83. The van der Waals surface area contributed by atoms with Crippen molar-refractivity contribution >= 4 is 5.69 Å². The number of nitrogen functional groups attached to an aromatic ring is 1. The van der Waals surface area contributed by atoms with Gasteiger partial charge in [-0.25, -0.2) is 0 Å². The summed E-state index contributed by atoms with van der Waals surface area (Å²) in [7, 11) is 0. The van der Waals surface area contributed by atoms with Gasteiger partial charge in [0.15, 0.2) is 0 Å². The van der Waals surface area contributed by atoms with Crippen LogP contribution < -0.4 is 15.2 Å². The minimum Gasteiger partial charge on any atom is -0.489 e. The van der Waals surface area contributed by atoms with Gasteiger partial charge in [0.25, 0.3) is 0 Å². The molecule has 0 amide bonds. The molecule has 0 aromatic heterocycles. The first-order chi connectivity index (χ1) is 13.2. The zero-order valence-corrected chi connectivity index (χ0v) is 14.6. The molecule has 5 nitrogen and oxygen atoms in total. The van der Waals surface area contributed by atoms with E-state index < -0.39 is 0 Å². The number of hydrogen-bond donors (Lipinski definition) is 1. The van der Waals surface area contributed by atoms with E-state index in [1.54, 1.807) is 42.5 Å². The lowest BCUT2D eigenvalue weighted by atomic mass is 10.1. The van der Waals surface area contributed by atoms with Crippen molar-refractivity contribution in [2.45, 2.75) is 13.2 Å². The van der Waals surface area contributed by atoms with Gasteiger partial charge in [-0.2, -0.15) is 10.5 Å². The Morgan fingerprint density at radius 2 is 1.19 bits per heavy atom. The molecule has 0 fully saturated rings. The number of nitrogens with two attached hydrogens (primary N) is 1. The molecule has 0 aliphatic heterocycles. The topological polar surface area (TPSA) is 92.1 Å². The van der Waals surface area contributed by atoms with Crippen molar-refractivity contribution in [1.82, 2.24) is 0 Å². The fraction of sp³-hybridized carbons (Fsp3) is 0.0909. The van der Waals surface area contributed by atoms with Gasteiger partial charge in [0.1, 0.15) is 24.7 Å². The van der Waals surface area contributed by atoms with Gasteiger partial charge < -0.3 is 15.2 Å². The van der Waals surface area contributed by atoms with Crippen molar-refractivity contribution in [2.75, 3.05) is 5.73 Å². The maximum Gasteiger partial charge on any atom is 0.125 e. The zero-order chi connectivity index (χ0) is 19.1. The molecule has 0 saturated carbocycles. The first-order valence-corrected chi connectivity index (χ1v) is 8.30. The van der Waals surface area contributed by atoms with Gasteiger partial charge in [-0.1, -0.05) is 24.3 Å². The second-order valence-corrected chi connectivity index (χ2v) is 5.94. The molecular formula is C22H17N3O2. The standard InChI is InChI=1S/C22H17N3O2/c23-12-16-3-1-5-18(7-16)14-26-21-9-20(25)10-22(11-21)27-15-19-6-2-4-17(8-19)13-24/h1-11H,14-15,25H2. The third-order valence-electron chi connectivity index (χ3n) is 3.83. The molecule has 2 N–H and O–H groups in total. The van der Waals surface area contributed by atoms with Crippen LogP contribution in [0.2, 0.25) is 0 Å². The van der Waals surface area contributed by atoms with Gasteiger partial charge in [-0.15, -0.1) is 0 Å². The minimum atomic E-state index is 0.322. The number of nitrogens with zero attached hydrogens (tertiary/aromatic N) is 2. The minimum absolute atomic E-state index is 0.322. The average Bonchev–Trinajstić information content (AvgIpc) is 2.71. The van der Waals surface area contributed by atoms with Crippen LogP contribution in [-0.4, -0.2) is 0 Å². The van der Waals surface area contributed by atoms with Gasteiger partial charge in [0, 0.05) is 23.9 Å². The molecule has 0 spiro atoms. The molecule has 132 valence electrons. The molecule has 0 bridgehead atoms. The first-order valence-electron chi connectivity index (χ1n) is 8.30. The lowest BCUT2D eigenvalue weighted by molar-refractivity contribution is 0.290. The molecule has 5 heteroatoms. The van der Waals surface area contributed by atoms with E-state index >= 15 is 0 Å². The summed E-state index contributed by atoms with van der Waals surface area (Å²) in [6.45, 7) is 0.644. The average molecular weight is 355 g/mol. The fourth-order valence-corrected chi connectivity index (χ4v) is 2.56. The van der Waals surface area contributed by atoms with Crippen molar-refractivity contribution in [1.29, 1.82) is 10.5 Å². The quantitative estimate of drug-likeness (QED) is 0.670. The highest BCUT2D eigenvalue weighted by Crippen LogP contribution is 2.26. The van der Waals surface area contributed by atoms with E-state index in [0.29, 0.717) is 41.5 Å². The van der Waals surface area contributed by atoms with Gasteiger partial charge in [0.05, 0.1) is 23.3 Å². The molecule has 0 atom stereocenters. The van der Waals surface area contributed by atoms with Crippen LogP contribution in [-0.2, 0) is 13.2 Å². The van der Waals surface area contributed by atoms with Crippen molar-refractivity contribution < 1.29 is 9.47 Å². The smallest absolute Gasteiger partial charge is 0.125 e. The van der Waals surface area contributed by atoms with Gasteiger partial charge in [0.2, 0.25) is 0 Å². The van der Waals surface area contributed by atoms with Crippen LogP contribution in [0.25, 0.3) is 0 Å². The van der Waals surface area contributed by atoms with Crippen LogP contribution >= 0.6 is 0 Å². The van der Waals surface area contributed by atoms with Crippen molar-refractivity contribution in [2.24, 2.45) is 0 Å². The molecule has 0 aliphatic rings. The maximum absolute atomic E-state index is 8.96. The summed E-state index contributed by atoms with van der Waals surface area (Å²) >= 11 is 0. The molecular weight excluding hydrogens is 338 g/mol. The van der Waals surface area contributed by atoms with E-state index in [2.05, 4.69) is 12.1 Å². The Kier molecular flexibility index (Phi) is 5.57. The number of benzene rings is 3. The lowest BCUT2D eigenvalue weighted by Crippen LogP contribution is -2.00. The highest BCUT2D eigenvalue weighted by molar-refractivity contribution is 5.50. The van der Waals surface area contributed by atoms with Gasteiger partial charge in [-0.05, 0) is 35.4 Å². The van der Waals surface area contributed by atoms with E-state index in [1.165, 1.54) is 0 Å². The van der Waals surface area contributed by atoms with Gasteiger partial charge >= 0.3 is 0 Å². The Bertz CT molecular complexity index is 952. The number of rotatable bonds is 6. The number of ether oxygens (including phenoxy) is 2. The normalized spacial score (nSPS) is 9.85. The Morgan fingerprint density at radius 1 is 0.704 bits per heavy atom. The molecule has 3 rings (SSSR count). The molecule has 0 aliphatic carbocycles. The van der Waals surface area contributed by atoms with Crippen molar-refractivity contribution in [3.8, 4) is 23.6 Å². The van der Waals surface area contributed by atoms with Crippen LogP contribution in [0.4, 0.5) is 5.69 Å². The second kappa shape index (κ2) is 8.42. The van der Waals surface area contributed by atoms with E-state index in [0.717, 1.165) is 11.1 Å². The van der Waals surface area contributed by atoms with Crippen LogP contribution in [0.5, 0.6) is 11.5 Å². The molecule has 0 radical (unpaired) electrons. The SMILES string of the molecule is N#Cc1cccc(COc2cc(N)cc(OCc3cccc(C#N)c3)c2)c1. The largest absolute Gasteiger partial charge is 0.489 e. The monoisotopic (exact) mass is 355 g/mol. The predicted molar refractivity (Wildman–Crippen MR) is 102 cm³/mol. The zero-order valence-electron chi connectivity index (χ0n) is 14.6. The van der Waals surface area contributed by atoms with Crippen molar-refractivity contribution in [3.63, 3.8) is 0 Å². The van der Waals surface area contributed by atoms with E-state index in [1.807, 2.05) is 24.3 Å². The fourth-order valence-electron chi connectivity index (χ4n) is 2.56. The maximum atomic E-state index is 8.96. The molecule has 3 aromatic rings. The number of anilines is 1. The van der Waals surface area contributed by atoms with E-state index in [9.17, 15) is 0 Å². The summed E-state index contributed by atoms with van der Waals surface area (Å²) < 4.78 is 11.6. The van der Waals surface area contributed by atoms with Crippen LogP contribution in [0, 0.1) is 22.7 Å². The molecule has 0 saturated heterocycles. The summed E-state index contributed by atoms with van der Waals surface area (Å²) in [5.41, 5.74) is 9.44. The van der Waals surface area contributed by atoms with Crippen molar-refractivity contribution in [3.05, 3.63) is 89.0 Å². The molecule has 3 aromatic carbocycles. The molecule has 0 unspecified atom stereocenters. The summed E-state index contributed by atoms with van der Waals surface area (Å²) in [6, 6.07) is 23.9. The van der Waals surface area contributed by atoms with E-state index in [-0.39, 0.29) is 0 Å². The van der Waals surface area contributed by atoms with E-state index in [4.69, 9.17) is 25.7 Å². The third kappa shape index (κ3) is 5.01. The summed E-state index contributed by atoms with van der Waals surface area (Å²) in [6.07, 6.45) is 0. The van der Waals surface area contributed by atoms with Gasteiger partial charge in [-0.3, -0.25) is 0 Å². The summed E-state index contributed by atoms with van der Waals surface area (Å²) in [4.78, 5) is 0. The Labute approximate surface area is 157 Å². The lowest BCUT2D eigenvalue weighted by Gasteiger charge is -2.11. The van der Waals surface area contributed by atoms with Crippen LogP contribution in [0.1, 0.15) is 22.3 Å². The predicted octanol–water partition coefficient (Wildman–Crippen LogP) is 4.17. The highest BCUT2D eigenvalue weighted by Gasteiger charge is 2.04. The summed E-state index contributed by atoms with van der Waals surface area (Å²) in [5, 5.41) is 17.9. The Morgan fingerprint density at radius 3 is 1.63 bits per heavy atom. The number of nitriles is 2. The molecule has 0 heterocycles. The van der Waals surface area contributed by atoms with Crippen LogP contribution in [0.3, 0.4) is 0 Å². The Hall–Kier alpha value is -3.96. The highest BCUT2D eigenvalue weighted by atomic mass is 16.5. The van der Waals surface area contributed by atoms with Crippen LogP contribution in [0.15, 0.2) is 66.7 Å². The first kappa shape index (κ1) is 17.8.